The van der Waals surface area contributed by atoms with E-state index in [4.69, 9.17) is 9.72 Å². The highest BCUT2D eigenvalue weighted by Crippen LogP contribution is 2.28. The van der Waals surface area contributed by atoms with Gasteiger partial charge in [-0.2, -0.15) is 0 Å². The molecule has 8 heteroatoms. The number of nitrogens with zero attached hydrogens (tertiary/aromatic N) is 3. The number of fused-ring (bicyclic) bond motifs is 1. The zero-order valence-corrected chi connectivity index (χ0v) is 20.1. The van der Waals surface area contributed by atoms with Gasteiger partial charge in [0.05, 0.1) is 11.1 Å². The van der Waals surface area contributed by atoms with Crippen molar-refractivity contribution in [3.05, 3.63) is 21.3 Å². The van der Waals surface area contributed by atoms with Crippen molar-refractivity contribution in [2.45, 2.75) is 70.1 Å². The van der Waals surface area contributed by atoms with Crippen LogP contribution in [0.2, 0.25) is 0 Å². The van der Waals surface area contributed by atoms with E-state index in [0.29, 0.717) is 35.5 Å². The summed E-state index contributed by atoms with van der Waals surface area (Å²) in [5, 5.41) is 1.31. The Labute approximate surface area is 187 Å². The van der Waals surface area contributed by atoms with E-state index in [9.17, 15) is 9.59 Å². The van der Waals surface area contributed by atoms with Gasteiger partial charge in [0.25, 0.3) is 5.56 Å². The third kappa shape index (κ3) is 5.45. The largest absolute Gasteiger partial charge is 0.385 e. The number of methoxy groups -OCH3 is 1. The van der Waals surface area contributed by atoms with Crippen LogP contribution in [-0.2, 0) is 22.5 Å². The quantitative estimate of drug-likeness (QED) is 0.325. The van der Waals surface area contributed by atoms with Crippen LogP contribution in [0.15, 0.2) is 16.0 Å². The molecule has 0 saturated heterocycles. The SMILES string of the molecule is CCc1cc2c(=O)n(CCCOC)c(SCC(=O)N(C)C3CCC(C)CC3)nc2s1. The molecule has 0 aliphatic heterocycles. The lowest BCUT2D eigenvalue weighted by atomic mass is 9.87. The van der Waals surface area contributed by atoms with Gasteiger partial charge < -0.3 is 9.64 Å². The number of rotatable bonds is 9. The first-order valence-electron chi connectivity index (χ1n) is 10.8. The third-order valence-electron chi connectivity index (χ3n) is 6.00. The van der Waals surface area contributed by atoms with Crippen molar-refractivity contribution in [2.75, 3.05) is 26.5 Å². The van der Waals surface area contributed by atoms with Crippen molar-refractivity contribution >= 4 is 39.2 Å². The van der Waals surface area contributed by atoms with Gasteiger partial charge in [0.1, 0.15) is 4.83 Å². The minimum atomic E-state index is -0.0170. The minimum absolute atomic E-state index is 0.0170. The maximum Gasteiger partial charge on any atom is 0.262 e. The first-order chi connectivity index (χ1) is 14.4. The molecule has 1 aliphatic carbocycles. The Kier molecular flexibility index (Phi) is 8.36. The molecule has 30 heavy (non-hydrogen) atoms. The number of thioether (sulfide) groups is 1. The van der Waals surface area contributed by atoms with E-state index in [1.807, 2.05) is 18.0 Å². The van der Waals surface area contributed by atoms with Gasteiger partial charge in [-0.3, -0.25) is 14.2 Å². The first kappa shape index (κ1) is 23.3. The fourth-order valence-corrected chi connectivity index (χ4v) is 5.91. The normalized spacial score (nSPS) is 19.3. The molecule has 0 unspecified atom stereocenters. The molecular formula is C22H33N3O3S2. The maximum atomic E-state index is 13.1. The number of hydrogen-bond donors (Lipinski definition) is 0. The monoisotopic (exact) mass is 451 g/mol. The number of thiophene rings is 1. The molecule has 0 atom stereocenters. The Balaban J connectivity index is 1.76. The van der Waals surface area contributed by atoms with Crippen molar-refractivity contribution in [1.29, 1.82) is 0 Å². The van der Waals surface area contributed by atoms with E-state index in [1.54, 1.807) is 23.0 Å². The molecule has 2 aromatic heterocycles. The number of carbonyl (C=O) groups excluding carboxylic acids is 1. The van der Waals surface area contributed by atoms with Gasteiger partial charge in [-0.25, -0.2) is 4.98 Å². The number of aromatic nitrogens is 2. The van der Waals surface area contributed by atoms with Gasteiger partial charge in [0, 0.05) is 38.2 Å². The fourth-order valence-electron chi connectivity index (χ4n) is 3.96. The summed E-state index contributed by atoms with van der Waals surface area (Å²) in [7, 11) is 3.57. The van der Waals surface area contributed by atoms with E-state index in [0.717, 1.165) is 41.3 Å². The van der Waals surface area contributed by atoms with Crippen LogP contribution in [0, 0.1) is 5.92 Å². The maximum absolute atomic E-state index is 13.1. The molecule has 3 rings (SSSR count). The molecule has 0 aromatic carbocycles. The number of aryl methyl sites for hydroxylation is 1. The summed E-state index contributed by atoms with van der Waals surface area (Å²) in [5.41, 5.74) is -0.0170. The van der Waals surface area contributed by atoms with Crippen LogP contribution in [0.3, 0.4) is 0 Å². The average Bonchev–Trinajstić information content (AvgIpc) is 3.17. The highest BCUT2D eigenvalue weighted by molar-refractivity contribution is 7.99. The fraction of sp³-hybridized carbons (Fsp3) is 0.682. The first-order valence-corrected chi connectivity index (χ1v) is 12.6. The minimum Gasteiger partial charge on any atom is -0.385 e. The lowest BCUT2D eigenvalue weighted by molar-refractivity contribution is -0.129. The zero-order valence-electron chi connectivity index (χ0n) is 18.5. The lowest BCUT2D eigenvalue weighted by Gasteiger charge is -2.33. The average molecular weight is 452 g/mol. The second kappa shape index (κ2) is 10.8. The zero-order chi connectivity index (χ0) is 21.7. The molecule has 2 heterocycles. The molecule has 0 bridgehead atoms. The van der Waals surface area contributed by atoms with Gasteiger partial charge in [0.2, 0.25) is 5.91 Å². The summed E-state index contributed by atoms with van der Waals surface area (Å²) < 4.78 is 6.87. The van der Waals surface area contributed by atoms with Crippen molar-refractivity contribution < 1.29 is 9.53 Å². The van der Waals surface area contributed by atoms with Crippen LogP contribution in [-0.4, -0.2) is 52.9 Å². The van der Waals surface area contributed by atoms with Crippen LogP contribution >= 0.6 is 23.1 Å². The summed E-state index contributed by atoms with van der Waals surface area (Å²) in [4.78, 5) is 34.6. The van der Waals surface area contributed by atoms with E-state index in [1.165, 1.54) is 24.6 Å². The molecule has 1 fully saturated rings. The molecule has 2 aromatic rings. The molecule has 166 valence electrons. The van der Waals surface area contributed by atoms with Crippen LogP contribution < -0.4 is 5.56 Å². The molecule has 1 saturated carbocycles. The number of amides is 1. The summed E-state index contributed by atoms with van der Waals surface area (Å²) in [6.07, 6.45) is 6.14. The van der Waals surface area contributed by atoms with Crippen LogP contribution in [0.1, 0.15) is 50.8 Å². The molecule has 1 amide bonds. The van der Waals surface area contributed by atoms with Crippen molar-refractivity contribution in [3.63, 3.8) is 0 Å². The predicted molar refractivity (Wildman–Crippen MR) is 125 cm³/mol. The standard InChI is InChI=1S/C22H33N3O3S2/c1-5-17-13-18-20(30-17)23-22(25(21(18)27)11-6-12-28-4)29-14-19(26)24(3)16-9-7-15(2)8-10-16/h13,15-16H,5-12,14H2,1-4H3. The molecule has 1 aliphatic rings. The number of carbonyl (C=O) groups is 1. The topological polar surface area (TPSA) is 64.4 Å². The highest BCUT2D eigenvalue weighted by Gasteiger charge is 2.25. The van der Waals surface area contributed by atoms with E-state index >= 15 is 0 Å². The Hall–Kier alpha value is -1.38. The predicted octanol–water partition coefficient (Wildman–Crippen LogP) is 4.19. The number of hydrogen-bond acceptors (Lipinski definition) is 6. The third-order valence-corrected chi connectivity index (χ3v) is 8.13. The Morgan fingerprint density at radius 1 is 1.37 bits per heavy atom. The van der Waals surface area contributed by atoms with Crippen LogP contribution in [0.25, 0.3) is 10.2 Å². The van der Waals surface area contributed by atoms with Crippen molar-refractivity contribution in [2.24, 2.45) is 5.92 Å². The summed E-state index contributed by atoms with van der Waals surface area (Å²) >= 11 is 2.95. The van der Waals surface area contributed by atoms with Gasteiger partial charge in [-0.05, 0) is 50.5 Å². The summed E-state index contributed by atoms with van der Waals surface area (Å²) in [6, 6.07) is 2.29. The second-order valence-electron chi connectivity index (χ2n) is 8.19. The lowest BCUT2D eigenvalue weighted by Crippen LogP contribution is -2.40. The van der Waals surface area contributed by atoms with Crippen LogP contribution in [0.5, 0.6) is 0 Å². The molecule has 0 spiro atoms. The van der Waals surface area contributed by atoms with Crippen molar-refractivity contribution in [3.8, 4) is 0 Å². The smallest absolute Gasteiger partial charge is 0.262 e. The van der Waals surface area contributed by atoms with Gasteiger partial charge in [0.15, 0.2) is 5.16 Å². The van der Waals surface area contributed by atoms with E-state index in [-0.39, 0.29) is 11.5 Å². The highest BCUT2D eigenvalue weighted by atomic mass is 32.2. The molecule has 0 radical (unpaired) electrons. The Morgan fingerprint density at radius 2 is 2.10 bits per heavy atom. The van der Waals surface area contributed by atoms with Crippen LogP contribution in [0.4, 0.5) is 0 Å². The molecule has 6 nitrogen and oxygen atoms in total. The molecular weight excluding hydrogens is 418 g/mol. The summed E-state index contributed by atoms with van der Waals surface area (Å²) in [6.45, 7) is 5.49. The second-order valence-corrected chi connectivity index (χ2v) is 10.2. The van der Waals surface area contributed by atoms with Crippen molar-refractivity contribution in [1.82, 2.24) is 14.5 Å². The van der Waals surface area contributed by atoms with Gasteiger partial charge in [-0.1, -0.05) is 25.6 Å². The number of ether oxygens (including phenoxy) is 1. The van der Waals surface area contributed by atoms with E-state index in [2.05, 4.69) is 13.8 Å². The Bertz CT molecular complexity index is 916. The summed E-state index contributed by atoms with van der Waals surface area (Å²) in [5.74, 6) is 1.17. The van der Waals surface area contributed by atoms with E-state index < -0.39 is 0 Å². The van der Waals surface area contributed by atoms with Gasteiger partial charge in [-0.15, -0.1) is 11.3 Å². The Morgan fingerprint density at radius 3 is 2.77 bits per heavy atom. The van der Waals surface area contributed by atoms with Gasteiger partial charge >= 0.3 is 0 Å². The molecule has 0 N–H and O–H groups in total.